The fraction of sp³-hybridized carbons (Fsp3) is 0.222. The van der Waals surface area contributed by atoms with Crippen molar-refractivity contribution in [2.24, 2.45) is 0 Å². The molecule has 25 heavy (non-hydrogen) atoms. The molecule has 2 aromatic rings. The van der Waals surface area contributed by atoms with Gasteiger partial charge < -0.3 is 15.0 Å². The van der Waals surface area contributed by atoms with Crippen LogP contribution in [0.25, 0.3) is 0 Å². The van der Waals surface area contributed by atoms with Gasteiger partial charge in [0.2, 0.25) is 0 Å². The van der Waals surface area contributed by atoms with Crippen LogP contribution in [0.3, 0.4) is 0 Å². The quantitative estimate of drug-likeness (QED) is 0.885. The molecule has 1 N–H and O–H groups in total. The third-order valence-electron chi connectivity index (χ3n) is 3.85. The molecule has 2 amide bonds. The van der Waals surface area contributed by atoms with E-state index in [1.807, 2.05) is 0 Å². The molecule has 5 nitrogen and oxygen atoms in total. The number of nitrogens with one attached hydrogen (secondary N) is 1. The van der Waals surface area contributed by atoms with Crippen molar-refractivity contribution in [1.82, 2.24) is 4.90 Å². The van der Waals surface area contributed by atoms with Gasteiger partial charge in [-0.05, 0) is 36.4 Å². The minimum absolute atomic E-state index is 0.109. The van der Waals surface area contributed by atoms with Gasteiger partial charge in [-0.15, -0.1) is 0 Å². The first-order valence-electron chi connectivity index (χ1n) is 7.78. The van der Waals surface area contributed by atoms with Gasteiger partial charge in [-0.1, -0.05) is 29.3 Å². The first-order chi connectivity index (χ1) is 12.0. The molecule has 1 heterocycles. The van der Waals surface area contributed by atoms with Gasteiger partial charge in [0.05, 0.1) is 23.9 Å². The van der Waals surface area contributed by atoms with Gasteiger partial charge in [-0.3, -0.25) is 9.59 Å². The minimum atomic E-state index is -0.346. The van der Waals surface area contributed by atoms with Crippen LogP contribution >= 0.6 is 23.2 Å². The molecule has 0 aromatic heterocycles. The summed E-state index contributed by atoms with van der Waals surface area (Å²) in [5, 5.41) is 3.56. The summed E-state index contributed by atoms with van der Waals surface area (Å²) in [5.74, 6) is -0.455. The second kappa shape index (κ2) is 7.87. The summed E-state index contributed by atoms with van der Waals surface area (Å²) in [4.78, 5) is 26.7. The number of carbonyl (C=O) groups is 2. The van der Waals surface area contributed by atoms with Gasteiger partial charge in [0.25, 0.3) is 11.8 Å². The van der Waals surface area contributed by atoms with Gasteiger partial charge in [-0.25, -0.2) is 0 Å². The third kappa shape index (κ3) is 4.31. The number of hydrogen-bond donors (Lipinski definition) is 1. The molecule has 0 aliphatic carbocycles. The van der Waals surface area contributed by atoms with Crippen LogP contribution in [0.15, 0.2) is 42.5 Å². The number of hydrogen-bond acceptors (Lipinski definition) is 3. The molecule has 0 radical (unpaired) electrons. The Balaban J connectivity index is 1.76. The molecule has 130 valence electrons. The van der Waals surface area contributed by atoms with Crippen molar-refractivity contribution < 1.29 is 14.3 Å². The largest absolute Gasteiger partial charge is 0.378 e. The molecule has 7 heteroatoms. The highest BCUT2D eigenvalue weighted by Crippen LogP contribution is 2.26. The molecule has 0 atom stereocenters. The van der Waals surface area contributed by atoms with E-state index in [1.54, 1.807) is 47.4 Å². The highest BCUT2D eigenvalue weighted by atomic mass is 35.5. The van der Waals surface area contributed by atoms with Crippen molar-refractivity contribution in [3.05, 3.63) is 63.6 Å². The summed E-state index contributed by atoms with van der Waals surface area (Å²) >= 11 is 11.9. The first-order valence-corrected chi connectivity index (χ1v) is 8.53. The number of rotatable bonds is 3. The Labute approximate surface area is 155 Å². The van der Waals surface area contributed by atoms with Gasteiger partial charge in [0, 0.05) is 29.2 Å². The Morgan fingerprint density at radius 2 is 1.72 bits per heavy atom. The average molecular weight is 379 g/mol. The molecule has 1 aliphatic heterocycles. The molecule has 0 spiro atoms. The zero-order valence-electron chi connectivity index (χ0n) is 13.3. The fourth-order valence-corrected chi connectivity index (χ4v) is 2.98. The van der Waals surface area contributed by atoms with Crippen molar-refractivity contribution in [3.8, 4) is 0 Å². The van der Waals surface area contributed by atoms with Crippen LogP contribution in [0.1, 0.15) is 20.7 Å². The predicted molar refractivity (Wildman–Crippen MR) is 97.6 cm³/mol. The van der Waals surface area contributed by atoms with E-state index in [4.69, 9.17) is 27.9 Å². The lowest BCUT2D eigenvalue weighted by Gasteiger charge is -2.27. The molecule has 0 unspecified atom stereocenters. The molecule has 0 saturated carbocycles. The van der Waals surface area contributed by atoms with Gasteiger partial charge >= 0.3 is 0 Å². The van der Waals surface area contributed by atoms with Crippen molar-refractivity contribution in [2.45, 2.75) is 0 Å². The predicted octanol–water partition coefficient (Wildman–Crippen LogP) is 3.72. The van der Waals surface area contributed by atoms with E-state index in [9.17, 15) is 9.59 Å². The van der Waals surface area contributed by atoms with Crippen LogP contribution in [0.4, 0.5) is 5.69 Å². The molecule has 1 fully saturated rings. The first kappa shape index (κ1) is 17.7. The van der Waals surface area contributed by atoms with E-state index in [-0.39, 0.29) is 11.8 Å². The van der Waals surface area contributed by atoms with Crippen molar-refractivity contribution in [3.63, 3.8) is 0 Å². The maximum atomic E-state index is 12.5. The van der Waals surface area contributed by atoms with Crippen LogP contribution in [-0.2, 0) is 4.74 Å². The van der Waals surface area contributed by atoms with Gasteiger partial charge in [0.1, 0.15) is 0 Å². The Kier molecular flexibility index (Phi) is 5.58. The number of amides is 2. The maximum absolute atomic E-state index is 12.5. The molecule has 0 bridgehead atoms. The van der Waals surface area contributed by atoms with Crippen molar-refractivity contribution >= 4 is 40.7 Å². The standard InChI is InChI=1S/C18H16Cl2N2O3/c19-14-4-5-16(15(20)11-14)21-17(23)12-2-1-3-13(10-12)18(24)22-6-8-25-9-7-22/h1-5,10-11H,6-9H2,(H,21,23). The molecule has 3 rings (SSSR count). The minimum Gasteiger partial charge on any atom is -0.378 e. The zero-order chi connectivity index (χ0) is 17.8. The van der Waals surface area contributed by atoms with E-state index >= 15 is 0 Å². The number of ether oxygens (including phenoxy) is 1. The Hall–Kier alpha value is -2.08. The SMILES string of the molecule is O=C(Nc1ccc(Cl)cc1Cl)c1cccc(C(=O)N2CCOCC2)c1. The second-order valence-electron chi connectivity index (χ2n) is 5.56. The molecule has 2 aromatic carbocycles. The lowest BCUT2D eigenvalue weighted by atomic mass is 10.1. The monoisotopic (exact) mass is 378 g/mol. The fourth-order valence-electron chi connectivity index (χ4n) is 2.53. The number of halogens is 2. The van der Waals surface area contributed by atoms with Crippen LogP contribution in [-0.4, -0.2) is 43.0 Å². The Bertz CT molecular complexity index is 805. The number of anilines is 1. The van der Waals surface area contributed by atoms with Crippen LogP contribution < -0.4 is 5.32 Å². The van der Waals surface area contributed by atoms with Crippen molar-refractivity contribution in [1.29, 1.82) is 0 Å². The summed E-state index contributed by atoms with van der Waals surface area (Å²) in [7, 11) is 0. The van der Waals surface area contributed by atoms with E-state index in [0.717, 1.165) is 0 Å². The topological polar surface area (TPSA) is 58.6 Å². The van der Waals surface area contributed by atoms with Gasteiger partial charge in [0.15, 0.2) is 0 Å². The van der Waals surface area contributed by atoms with E-state index in [0.29, 0.717) is 53.2 Å². The van der Waals surface area contributed by atoms with Crippen LogP contribution in [0.2, 0.25) is 10.0 Å². The smallest absolute Gasteiger partial charge is 0.255 e. The zero-order valence-corrected chi connectivity index (χ0v) is 14.8. The summed E-state index contributed by atoms with van der Waals surface area (Å²) in [6, 6.07) is 11.4. The van der Waals surface area contributed by atoms with Crippen LogP contribution in [0, 0.1) is 0 Å². The van der Waals surface area contributed by atoms with E-state index in [1.165, 1.54) is 0 Å². The van der Waals surface area contributed by atoms with Gasteiger partial charge in [-0.2, -0.15) is 0 Å². The normalized spacial score (nSPS) is 14.2. The Morgan fingerprint density at radius 3 is 2.44 bits per heavy atom. The van der Waals surface area contributed by atoms with Crippen LogP contribution in [0.5, 0.6) is 0 Å². The summed E-state index contributed by atoms with van der Waals surface area (Å²) in [6.07, 6.45) is 0. The number of nitrogens with zero attached hydrogens (tertiary/aromatic N) is 1. The van der Waals surface area contributed by atoms with E-state index < -0.39 is 0 Å². The highest BCUT2D eigenvalue weighted by Gasteiger charge is 2.19. The lowest BCUT2D eigenvalue weighted by molar-refractivity contribution is 0.0303. The average Bonchev–Trinajstić information content (AvgIpc) is 2.64. The summed E-state index contributed by atoms with van der Waals surface area (Å²) < 4.78 is 5.25. The number of benzene rings is 2. The summed E-state index contributed by atoms with van der Waals surface area (Å²) in [6.45, 7) is 2.16. The highest BCUT2D eigenvalue weighted by molar-refractivity contribution is 6.36. The van der Waals surface area contributed by atoms with Crippen molar-refractivity contribution in [2.75, 3.05) is 31.6 Å². The Morgan fingerprint density at radius 1 is 1.00 bits per heavy atom. The summed E-state index contributed by atoms with van der Waals surface area (Å²) in [5.41, 5.74) is 1.31. The lowest BCUT2D eigenvalue weighted by Crippen LogP contribution is -2.40. The third-order valence-corrected chi connectivity index (χ3v) is 4.40. The number of carbonyl (C=O) groups excluding carboxylic acids is 2. The molecule has 1 saturated heterocycles. The molecular weight excluding hydrogens is 363 g/mol. The second-order valence-corrected chi connectivity index (χ2v) is 6.41. The molecular formula is C18H16Cl2N2O3. The molecule has 1 aliphatic rings. The van der Waals surface area contributed by atoms with E-state index in [2.05, 4.69) is 5.32 Å². The number of morpholine rings is 1. The maximum Gasteiger partial charge on any atom is 0.255 e.